The fourth-order valence-electron chi connectivity index (χ4n) is 3.00. The molecule has 3 amide bonds. The summed E-state index contributed by atoms with van der Waals surface area (Å²) in [7, 11) is 0. The SMILES string of the molecule is Cc1nc2sccn2c1C(=O)N/N=C/c1ccc(CNC(=O)C(=O)Nc2cc(Cl)cc(Cl)c2)o1. The largest absolute Gasteiger partial charge is 0.458 e. The van der Waals surface area contributed by atoms with E-state index in [-0.39, 0.29) is 6.54 Å². The fourth-order valence-corrected chi connectivity index (χ4v) is 4.28. The van der Waals surface area contributed by atoms with E-state index in [1.54, 1.807) is 29.7 Å². The number of nitrogens with one attached hydrogen (secondary N) is 3. The summed E-state index contributed by atoms with van der Waals surface area (Å²) in [5, 5.41) is 11.2. The maximum atomic E-state index is 12.4. The minimum atomic E-state index is -0.885. The molecule has 0 bridgehead atoms. The molecule has 10 nitrogen and oxygen atoms in total. The number of hydrogen-bond donors (Lipinski definition) is 3. The topological polar surface area (TPSA) is 130 Å². The monoisotopic (exact) mass is 518 g/mol. The number of benzene rings is 1. The van der Waals surface area contributed by atoms with Gasteiger partial charge in [-0.2, -0.15) is 5.10 Å². The molecule has 4 aromatic rings. The molecule has 0 fully saturated rings. The number of aryl methyl sites for hydroxylation is 1. The Morgan fingerprint density at radius 3 is 2.71 bits per heavy atom. The molecule has 1 aromatic carbocycles. The van der Waals surface area contributed by atoms with Crippen molar-refractivity contribution in [2.45, 2.75) is 13.5 Å². The van der Waals surface area contributed by atoms with Gasteiger partial charge in [-0.1, -0.05) is 23.2 Å². The summed E-state index contributed by atoms with van der Waals surface area (Å²) >= 11 is 13.2. The number of aromatic nitrogens is 2. The van der Waals surface area contributed by atoms with Crippen molar-refractivity contribution in [2.24, 2.45) is 5.10 Å². The van der Waals surface area contributed by atoms with Crippen LogP contribution in [-0.2, 0) is 16.1 Å². The lowest BCUT2D eigenvalue weighted by molar-refractivity contribution is -0.136. The molecule has 34 heavy (non-hydrogen) atoms. The molecule has 0 saturated heterocycles. The van der Waals surface area contributed by atoms with Crippen LogP contribution in [0.1, 0.15) is 27.7 Å². The van der Waals surface area contributed by atoms with E-state index in [2.05, 4.69) is 26.1 Å². The van der Waals surface area contributed by atoms with Gasteiger partial charge in [0.1, 0.15) is 17.2 Å². The highest BCUT2D eigenvalue weighted by molar-refractivity contribution is 7.15. The van der Waals surface area contributed by atoms with Crippen LogP contribution < -0.4 is 16.1 Å². The Morgan fingerprint density at radius 2 is 1.94 bits per heavy atom. The zero-order valence-electron chi connectivity index (χ0n) is 17.5. The van der Waals surface area contributed by atoms with Crippen LogP contribution in [0.3, 0.4) is 0 Å². The molecule has 0 aliphatic carbocycles. The number of furan rings is 1. The minimum absolute atomic E-state index is 0.0338. The van der Waals surface area contributed by atoms with Gasteiger partial charge in [0.05, 0.1) is 18.5 Å². The van der Waals surface area contributed by atoms with Crippen molar-refractivity contribution in [3.8, 4) is 0 Å². The number of rotatable bonds is 6. The molecule has 174 valence electrons. The van der Waals surface area contributed by atoms with E-state index in [0.29, 0.717) is 38.6 Å². The second-order valence-corrected chi connectivity index (χ2v) is 8.65. The van der Waals surface area contributed by atoms with Gasteiger partial charge in [-0.15, -0.1) is 11.3 Å². The van der Waals surface area contributed by atoms with Crippen LogP contribution >= 0.6 is 34.5 Å². The van der Waals surface area contributed by atoms with E-state index >= 15 is 0 Å². The number of nitrogens with zero attached hydrogens (tertiary/aromatic N) is 3. The lowest BCUT2D eigenvalue weighted by Gasteiger charge is -2.06. The summed E-state index contributed by atoms with van der Waals surface area (Å²) in [5.74, 6) is -1.44. The molecule has 13 heteroatoms. The van der Waals surface area contributed by atoms with E-state index < -0.39 is 17.7 Å². The number of anilines is 1. The summed E-state index contributed by atoms with van der Waals surface area (Å²) < 4.78 is 7.21. The zero-order chi connectivity index (χ0) is 24.2. The average molecular weight is 519 g/mol. The third-order valence-corrected chi connectivity index (χ3v) is 5.63. The van der Waals surface area contributed by atoms with Crippen LogP contribution in [0.15, 0.2) is 51.4 Å². The Morgan fingerprint density at radius 1 is 1.18 bits per heavy atom. The Kier molecular flexibility index (Phi) is 6.96. The molecule has 0 aliphatic rings. The second kappa shape index (κ2) is 10.1. The van der Waals surface area contributed by atoms with Crippen LogP contribution in [0.5, 0.6) is 0 Å². The Hall–Kier alpha value is -3.67. The number of hydrogen-bond acceptors (Lipinski definition) is 7. The van der Waals surface area contributed by atoms with Gasteiger partial charge in [0.25, 0.3) is 5.91 Å². The van der Waals surface area contributed by atoms with Crippen molar-refractivity contribution in [3.05, 3.63) is 74.9 Å². The number of carbonyl (C=O) groups is 3. The van der Waals surface area contributed by atoms with Crippen molar-refractivity contribution < 1.29 is 18.8 Å². The van der Waals surface area contributed by atoms with Crippen molar-refractivity contribution in [1.29, 1.82) is 0 Å². The molecule has 0 atom stereocenters. The standard InChI is InChI=1S/C21H16Cl2N6O4S/c1-11-17(29-4-5-34-21(29)26-11)18(30)28-25-10-16-3-2-15(33-16)9-24-19(31)20(32)27-14-7-12(22)6-13(23)8-14/h2-8,10H,9H2,1H3,(H,24,31)(H,27,32)(H,28,30)/b25-10+. The average Bonchev–Trinajstić information content (AvgIpc) is 3.47. The number of fused-ring (bicyclic) bond motifs is 1. The molecule has 0 saturated carbocycles. The molecule has 0 aliphatic heterocycles. The first kappa shape index (κ1) is 23.5. The van der Waals surface area contributed by atoms with E-state index in [9.17, 15) is 14.4 Å². The third kappa shape index (κ3) is 5.45. The lowest BCUT2D eigenvalue weighted by atomic mass is 10.3. The van der Waals surface area contributed by atoms with Gasteiger partial charge >= 0.3 is 11.8 Å². The van der Waals surface area contributed by atoms with Gasteiger partial charge in [-0.05, 0) is 37.3 Å². The highest BCUT2D eigenvalue weighted by Crippen LogP contribution is 2.22. The summed E-state index contributed by atoms with van der Waals surface area (Å²) in [4.78, 5) is 41.6. The second-order valence-electron chi connectivity index (χ2n) is 6.90. The first-order chi connectivity index (χ1) is 16.3. The molecule has 0 unspecified atom stereocenters. The molecule has 3 aromatic heterocycles. The number of amides is 3. The van der Waals surface area contributed by atoms with Crippen LogP contribution in [0, 0.1) is 6.92 Å². The number of imidazole rings is 1. The molecule has 4 rings (SSSR count). The van der Waals surface area contributed by atoms with Crippen molar-refractivity contribution in [1.82, 2.24) is 20.1 Å². The first-order valence-electron chi connectivity index (χ1n) is 9.69. The van der Waals surface area contributed by atoms with Gasteiger partial charge in [-0.3, -0.25) is 18.8 Å². The van der Waals surface area contributed by atoms with Gasteiger partial charge in [0.2, 0.25) is 0 Å². The van der Waals surface area contributed by atoms with E-state index in [1.165, 1.54) is 35.8 Å². The number of thiazole rings is 1. The fraction of sp³-hybridized carbons (Fsp3) is 0.0952. The maximum absolute atomic E-state index is 12.4. The summed E-state index contributed by atoms with van der Waals surface area (Å²) in [5.41, 5.74) is 3.72. The maximum Gasteiger partial charge on any atom is 0.313 e. The Bertz CT molecular complexity index is 1400. The van der Waals surface area contributed by atoms with Crippen LogP contribution in [0.25, 0.3) is 4.96 Å². The summed E-state index contributed by atoms with van der Waals surface area (Å²) in [6, 6.07) is 7.64. The Balaban J connectivity index is 1.28. The van der Waals surface area contributed by atoms with Crippen LogP contribution in [0.4, 0.5) is 5.69 Å². The molecule has 0 spiro atoms. The predicted octanol–water partition coefficient (Wildman–Crippen LogP) is 3.62. The van der Waals surface area contributed by atoms with Gasteiger partial charge < -0.3 is 15.1 Å². The number of halogens is 2. The molecular formula is C21H16Cl2N6O4S. The van der Waals surface area contributed by atoms with Gasteiger partial charge in [0, 0.05) is 27.3 Å². The van der Waals surface area contributed by atoms with Crippen molar-refractivity contribution >= 4 is 69.1 Å². The zero-order valence-corrected chi connectivity index (χ0v) is 19.8. The van der Waals surface area contributed by atoms with Crippen molar-refractivity contribution in [2.75, 3.05) is 5.32 Å². The number of hydrazone groups is 1. The highest BCUT2D eigenvalue weighted by atomic mass is 35.5. The van der Waals surface area contributed by atoms with E-state index in [4.69, 9.17) is 27.6 Å². The molecule has 0 radical (unpaired) electrons. The highest BCUT2D eigenvalue weighted by Gasteiger charge is 2.17. The van der Waals surface area contributed by atoms with Crippen molar-refractivity contribution in [3.63, 3.8) is 0 Å². The molecule has 3 N–H and O–H groups in total. The Labute approximate surface area is 206 Å². The third-order valence-electron chi connectivity index (χ3n) is 4.44. The molecule has 3 heterocycles. The summed E-state index contributed by atoms with van der Waals surface area (Å²) in [6.45, 7) is 1.71. The smallest absolute Gasteiger partial charge is 0.313 e. The lowest BCUT2D eigenvalue weighted by Crippen LogP contribution is -2.34. The van der Waals surface area contributed by atoms with Crippen LogP contribution in [0.2, 0.25) is 10.0 Å². The molecular weight excluding hydrogens is 503 g/mol. The number of carbonyl (C=O) groups excluding carboxylic acids is 3. The quantitative estimate of drug-likeness (QED) is 0.204. The first-order valence-corrected chi connectivity index (χ1v) is 11.3. The van der Waals surface area contributed by atoms with Gasteiger partial charge in [0.15, 0.2) is 4.96 Å². The van der Waals surface area contributed by atoms with Crippen LogP contribution in [-0.4, -0.2) is 33.3 Å². The van der Waals surface area contributed by atoms with E-state index in [0.717, 1.165) is 4.96 Å². The minimum Gasteiger partial charge on any atom is -0.458 e. The van der Waals surface area contributed by atoms with Gasteiger partial charge in [-0.25, -0.2) is 10.4 Å². The van der Waals surface area contributed by atoms with E-state index in [1.807, 2.05) is 5.38 Å². The summed E-state index contributed by atoms with van der Waals surface area (Å²) in [6.07, 6.45) is 3.08. The predicted molar refractivity (Wildman–Crippen MR) is 129 cm³/mol. The normalized spacial score (nSPS) is 11.1.